The summed E-state index contributed by atoms with van der Waals surface area (Å²) in [5.74, 6) is 3.06. The van der Waals surface area contributed by atoms with Crippen molar-refractivity contribution in [3.05, 3.63) is 24.4 Å². The highest BCUT2D eigenvalue weighted by atomic mass is 16.5. The number of methoxy groups -OCH3 is 2. The number of hydrogen-bond donors (Lipinski definition) is 2. The van der Waals surface area contributed by atoms with Crippen molar-refractivity contribution in [2.45, 2.75) is 20.3 Å². The van der Waals surface area contributed by atoms with E-state index in [-0.39, 0.29) is 0 Å². The van der Waals surface area contributed by atoms with Crippen LogP contribution in [0.2, 0.25) is 0 Å². The van der Waals surface area contributed by atoms with E-state index in [1.807, 2.05) is 18.2 Å². The molecule has 0 spiro atoms. The Hall–Kier alpha value is -2.57. The maximum Gasteiger partial charge on any atom is 0.249 e. The van der Waals surface area contributed by atoms with Gasteiger partial charge in [-0.05, 0) is 24.5 Å². The minimum atomic E-state index is 0.423. The molecule has 2 aromatic rings. The third kappa shape index (κ3) is 4.98. The summed E-state index contributed by atoms with van der Waals surface area (Å²) in [5, 5.41) is 14.3. The molecule has 1 aromatic carbocycles. The molecular formula is C16H23N5O2. The Kier molecular flexibility index (Phi) is 5.96. The fourth-order valence-corrected chi connectivity index (χ4v) is 1.97. The molecule has 7 heteroatoms. The average Bonchev–Trinajstić information content (AvgIpc) is 2.54. The normalized spacial score (nSPS) is 10.5. The lowest BCUT2D eigenvalue weighted by molar-refractivity contribution is 0.355. The van der Waals surface area contributed by atoms with E-state index in [0.29, 0.717) is 29.2 Å². The van der Waals surface area contributed by atoms with Crippen LogP contribution in [0, 0.1) is 5.92 Å². The van der Waals surface area contributed by atoms with Crippen molar-refractivity contribution in [2.75, 3.05) is 31.4 Å². The first-order valence-electron chi connectivity index (χ1n) is 7.55. The lowest BCUT2D eigenvalue weighted by atomic mass is 10.1. The third-order valence-corrected chi connectivity index (χ3v) is 3.23. The van der Waals surface area contributed by atoms with Crippen molar-refractivity contribution in [3.8, 4) is 11.5 Å². The molecule has 0 bridgehead atoms. The van der Waals surface area contributed by atoms with Crippen molar-refractivity contribution >= 4 is 17.5 Å². The second-order valence-corrected chi connectivity index (χ2v) is 5.47. The lowest BCUT2D eigenvalue weighted by Gasteiger charge is -2.11. The SMILES string of the molecule is COc1ccc(Nc2nncc(NCCC(C)C)n2)cc1OC. The summed E-state index contributed by atoms with van der Waals surface area (Å²) in [7, 11) is 3.20. The van der Waals surface area contributed by atoms with Crippen LogP contribution in [0.1, 0.15) is 20.3 Å². The predicted octanol–water partition coefficient (Wildman–Crippen LogP) is 3.09. The van der Waals surface area contributed by atoms with Gasteiger partial charge in [0.05, 0.1) is 20.4 Å². The number of benzene rings is 1. The highest BCUT2D eigenvalue weighted by Gasteiger charge is 2.06. The second-order valence-electron chi connectivity index (χ2n) is 5.47. The van der Waals surface area contributed by atoms with Gasteiger partial charge in [-0.3, -0.25) is 0 Å². The zero-order valence-corrected chi connectivity index (χ0v) is 14.0. The molecule has 124 valence electrons. The Bertz CT molecular complexity index is 634. The molecule has 0 aliphatic rings. The molecule has 0 aliphatic heterocycles. The van der Waals surface area contributed by atoms with Crippen molar-refractivity contribution in [2.24, 2.45) is 5.92 Å². The Labute approximate surface area is 136 Å². The van der Waals surface area contributed by atoms with Gasteiger partial charge in [-0.2, -0.15) is 10.1 Å². The van der Waals surface area contributed by atoms with Gasteiger partial charge < -0.3 is 20.1 Å². The van der Waals surface area contributed by atoms with E-state index in [4.69, 9.17) is 9.47 Å². The van der Waals surface area contributed by atoms with Gasteiger partial charge in [-0.15, -0.1) is 5.10 Å². The largest absolute Gasteiger partial charge is 0.493 e. The van der Waals surface area contributed by atoms with Crippen LogP contribution in [-0.2, 0) is 0 Å². The molecule has 0 saturated carbocycles. The molecule has 1 aromatic heterocycles. The van der Waals surface area contributed by atoms with Gasteiger partial charge in [0.25, 0.3) is 0 Å². The molecule has 0 fully saturated rings. The smallest absolute Gasteiger partial charge is 0.249 e. The number of nitrogens with one attached hydrogen (secondary N) is 2. The van der Waals surface area contributed by atoms with Gasteiger partial charge in [-0.25, -0.2) is 0 Å². The summed E-state index contributed by atoms with van der Waals surface area (Å²) in [4.78, 5) is 4.40. The van der Waals surface area contributed by atoms with E-state index in [0.717, 1.165) is 18.7 Å². The first-order chi connectivity index (χ1) is 11.1. The topological polar surface area (TPSA) is 81.2 Å². The standard InChI is InChI=1S/C16H23N5O2/c1-11(2)7-8-17-15-10-18-21-16(20-15)19-12-5-6-13(22-3)14(9-12)23-4/h5-6,9-11H,7-8H2,1-4H3,(H2,17,19,20,21). The summed E-state index contributed by atoms with van der Waals surface area (Å²) in [6, 6.07) is 5.50. The van der Waals surface area contributed by atoms with Gasteiger partial charge in [0.2, 0.25) is 5.95 Å². The van der Waals surface area contributed by atoms with Crippen LogP contribution in [0.5, 0.6) is 11.5 Å². The second kappa shape index (κ2) is 8.17. The number of hydrogen-bond acceptors (Lipinski definition) is 7. The van der Waals surface area contributed by atoms with Gasteiger partial charge in [0.15, 0.2) is 17.3 Å². The van der Waals surface area contributed by atoms with E-state index < -0.39 is 0 Å². The van der Waals surface area contributed by atoms with Crippen LogP contribution in [0.3, 0.4) is 0 Å². The fraction of sp³-hybridized carbons (Fsp3) is 0.438. The van der Waals surface area contributed by atoms with Gasteiger partial charge in [0, 0.05) is 18.3 Å². The van der Waals surface area contributed by atoms with Crippen LogP contribution in [0.15, 0.2) is 24.4 Å². The first kappa shape index (κ1) is 16.8. The molecule has 2 rings (SSSR count). The number of aromatic nitrogens is 3. The molecule has 0 amide bonds. The summed E-state index contributed by atoms with van der Waals surface area (Å²) in [6.45, 7) is 5.22. The summed E-state index contributed by atoms with van der Waals surface area (Å²) >= 11 is 0. The Morgan fingerprint density at radius 3 is 2.61 bits per heavy atom. The zero-order valence-electron chi connectivity index (χ0n) is 14.0. The van der Waals surface area contributed by atoms with Gasteiger partial charge >= 0.3 is 0 Å². The van der Waals surface area contributed by atoms with Crippen LogP contribution in [0.4, 0.5) is 17.5 Å². The molecule has 2 N–H and O–H groups in total. The number of rotatable bonds is 8. The van der Waals surface area contributed by atoms with E-state index in [2.05, 4.69) is 39.7 Å². The molecule has 0 radical (unpaired) electrons. The molecular weight excluding hydrogens is 294 g/mol. The lowest BCUT2D eigenvalue weighted by Crippen LogP contribution is -2.08. The van der Waals surface area contributed by atoms with Crippen molar-refractivity contribution < 1.29 is 9.47 Å². The van der Waals surface area contributed by atoms with E-state index >= 15 is 0 Å². The molecule has 0 saturated heterocycles. The highest BCUT2D eigenvalue weighted by molar-refractivity contribution is 5.60. The highest BCUT2D eigenvalue weighted by Crippen LogP contribution is 2.30. The first-order valence-corrected chi connectivity index (χ1v) is 7.55. The van der Waals surface area contributed by atoms with Crippen LogP contribution in [-0.4, -0.2) is 35.9 Å². The summed E-state index contributed by atoms with van der Waals surface area (Å²) < 4.78 is 10.5. The zero-order chi connectivity index (χ0) is 16.7. The monoisotopic (exact) mass is 317 g/mol. The molecule has 23 heavy (non-hydrogen) atoms. The fourth-order valence-electron chi connectivity index (χ4n) is 1.97. The van der Waals surface area contributed by atoms with Crippen LogP contribution in [0.25, 0.3) is 0 Å². The molecule has 1 heterocycles. The predicted molar refractivity (Wildman–Crippen MR) is 90.6 cm³/mol. The Morgan fingerprint density at radius 2 is 1.91 bits per heavy atom. The van der Waals surface area contributed by atoms with E-state index in [9.17, 15) is 0 Å². The van der Waals surface area contributed by atoms with Crippen molar-refractivity contribution in [1.29, 1.82) is 0 Å². The number of ether oxygens (including phenoxy) is 2. The summed E-state index contributed by atoms with van der Waals surface area (Å²) in [6.07, 6.45) is 2.68. The summed E-state index contributed by atoms with van der Waals surface area (Å²) in [5.41, 5.74) is 0.795. The quantitative estimate of drug-likeness (QED) is 0.774. The van der Waals surface area contributed by atoms with Gasteiger partial charge in [-0.1, -0.05) is 13.8 Å². The van der Waals surface area contributed by atoms with Crippen LogP contribution >= 0.6 is 0 Å². The maximum atomic E-state index is 5.28. The van der Waals surface area contributed by atoms with Gasteiger partial charge in [0.1, 0.15) is 0 Å². The molecule has 0 aliphatic carbocycles. The minimum Gasteiger partial charge on any atom is -0.493 e. The third-order valence-electron chi connectivity index (χ3n) is 3.23. The Morgan fingerprint density at radius 1 is 1.13 bits per heavy atom. The maximum absolute atomic E-state index is 5.28. The number of nitrogens with zero attached hydrogens (tertiary/aromatic N) is 3. The molecule has 0 unspecified atom stereocenters. The van der Waals surface area contributed by atoms with Crippen LogP contribution < -0.4 is 20.1 Å². The number of anilines is 3. The van der Waals surface area contributed by atoms with E-state index in [1.165, 1.54) is 0 Å². The van der Waals surface area contributed by atoms with E-state index in [1.54, 1.807) is 20.4 Å². The van der Waals surface area contributed by atoms with Crippen molar-refractivity contribution in [1.82, 2.24) is 15.2 Å². The minimum absolute atomic E-state index is 0.423. The van der Waals surface area contributed by atoms with Crippen molar-refractivity contribution in [3.63, 3.8) is 0 Å². The molecule has 7 nitrogen and oxygen atoms in total. The average molecular weight is 317 g/mol. The Balaban J connectivity index is 2.05. The molecule has 0 atom stereocenters.